The first kappa shape index (κ1) is 33.5. The van der Waals surface area contributed by atoms with Gasteiger partial charge in [0.2, 0.25) is 0 Å². The van der Waals surface area contributed by atoms with Crippen molar-refractivity contribution in [2.24, 2.45) is 0 Å². The Morgan fingerprint density at radius 3 is 1.41 bits per heavy atom. The highest BCUT2D eigenvalue weighted by Gasteiger charge is 2.18. The van der Waals surface area contributed by atoms with E-state index in [1.807, 2.05) is 24.3 Å². The van der Waals surface area contributed by atoms with Gasteiger partial charge in [-0.25, -0.2) is 15.0 Å². The maximum atomic E-state index is 5.36. The van der Waals surface area contributed by atoms with Crippen molar-refractivity contribution in [1.29, 1.82) is 0 Å². The first-order valence-corrected chi connectivity index (χ1v) is 19.5. The summed E-state index contributed by atoms with van der Waals surface area (Å²) in [7, 11) is 0. The Bertz CT molecular complexity index is 3320. The van der Waals surface area contributed by atoms with Crippen molar-refractivity contribution in [2.45, 2.75) is 0 Å². The van der Waals surface area contributed by atoms with Crippen molar-refractivity contribution in [2.75, 3.05) is 0 Å². The van der Waals surface area contributed by atoms with Crippen LogP contribution in [0.5, 0.6) is 0 Å². The standard InChI is InChI=1S/C54H34N4/c1-2-14-35(15-3-1)38-16-12-18-40(32-38)49-34-50(58-54(57-49)48-26-10-11-31-55-48)41-19-13-17-39(33-41)36-27-29-37(30-28-36)53-52-45-23-7-5-21-43(45)42-20-4-6-22-44(42)51(52)46-24-8-9-25-47(46)56-53/h1-34H. The molecule has 3 aromatic heterocycles. The van der Waals surface area contributed by atoms with Crippen molar-refractivity contribution < 1.29 is 0 Å². The average Bonchev–Trinajstić information content (AvgIpc) is 3.31. The molecule has 11 rings (SSSR count). The van der Waals surface area contributed by atoms with Crippen molar-refractivity contribution in [3.8, 4) is 67.5 Å². The average molecular weight is 739 g/mol. The van der Waals surface area contributed by atoms with Crippen LogP contribution in [-0.2, 0) is 0 Å². The lowest BCUT2D eigenvalue weighted by atomic mass is 9.89. The van der Waals surface area contributed by atoms with Crippen molar-refractivity contribution in [1.82, 2.24) is 19.9 Å². The highest BCUT2D eigenvalue weighted by Crippen LogP contribution is 2.43. The molecule has 0 N–H and O–H groups in total. The number of aromatic nitrogens is 4. The Kier molecular flexibility index (Phi) is 8.11. The van der Waals surface area contributed by atoms with E-state index in [1.54, 1.807) is 6.20 Å². The molecular formula is C54H34N4. The van der Waals surface area contributed by atoms with Crippen LogP contribution in [0.1, 0.15) is 0 Å². The lowest BCUT2D eigenvalue weighted by Gasteiger charge is -2.16. The molecular weight excluding hydrogens is 705 g/mol. The topological polar surface area (TPSA) is 51.6 Å². The molecule has 0 aliphatic carbocycles. The summed E-state index contributed by atoms with van der Waals surface area (Å²) in [5, 5.41) is 8.54. The molecule has 0 bridgehead atoms. The number of hydrogen-bond donors (Lipinski definition) is 0. The van der Waals surface area contributed by atoms with Gasteiger partial charge < -0.3 is 0 Å². The summed E-state index contributed by atoms with van der Waals surface area (Å²) in [6, 6.07) is 70.3. The van der Waals surface area contributed by atoms with Gasteiger partial charge in [0.1, 0.15) is 5.69 Å². The summed E-state index contributed by atoms with van der Waals surface area (Å²) in [6.45, 7) is 0. The van der Waals surface area contributed by atoms with Crippen molar-refractivity contribution in [3.05, 3.63) is 206 Å². The number of benzene rings is 8. The zero-order valence-electron chi connectivity index (χ0n) is 31.4. The summed E-state index contributed by atoms with van der Waals surface area (Å²) < 4.78 is 0. The molecule has 0 spiro atoms. The third-order valence-electron chi connectivity index (χ3n) is 11.1. The Morgan fingerprint density at radius 2 is 0.776 bits per heavy atom. The van der Waals surface area contributed by atoms with E-state index in [9.17, 15) is 0 Å². The minimum absolute atomic E-state index is 0.586. The van der Waals surface area contributed by atoms with E-state index in [0.717, 1.165) is 67.2 Å². The number of nitrogens with zero attached hydrogens (tertiary/aromatic N) is 4. The number of para-hydroxylation sites is 1. The summed E-state index contributed by atoms with van der Waals surface area (Å²) in [4.78, 5) is 20.1. The van der Waals surface area contributed by atoms with Crippen LogP contribution in [0.25, 0.3) is 111 Å². The number of rotatable bonds is 6. The molecule has 270 valence electrons. The number of hydrogen-bond acceptors (Lipinski definition) is 4. The van der Waals surface area contributed by atoms with E-state index in [2.05, 4.69) is 181 Å². The summed E-state index contributed by atoms with van der Waals surface area (Å²) in [5.74, 6) is 0.586. The predicted octanol–water partition coefficient (Wildman–Crippen LogP) is 13.9. The monoisotopic (exact) mass is 738 g/mol. The molecule has 0 fully saturated rings. The van der Waals surface area contributed by atoms with Crippen LogP contribution in [0.2, 0.25) is 0 Å². The number of pyridine rings is 2. The fraction of sp³-hybridized carbons (Fsp3) is 0. The fourth-order valence-electron chi connectivity index (χ4n) is 8.35. The van der Waals surface area contributed by atoms with Crippen molar-refractivity contribution >= 4 is 43.2 Å². The largest absolute Gasteiger partial charge is 0.253 e. The lowest BCUT2D eigenvalue weighted by Crippen LogP contribution is -1.97. The van der Waals surface area contributed by atoms with E-state index in [-0.39, 0.29) is 0 Å². The highest BCUT2D eigenvalue weighted by molar-refractivity contribution is 6.33. The molecule has 0 radical (unpaired) electrons. The molecule has 8 aromatic carbocycles. The fourth-order valence-corrected chi connectivity index (χ4v) is 8.35. The van der Waals surface area contributed by atoms with E-state index in [1.165, 1.54) is 37.7 Å². The van der Waals surface area contributed by atoms with Gasteiger partial charge in [-0.15, -0.1) is 0 Å². The quantitative estimate of drug-likeness (QED) is 0.159. The Labute approximate surface area is 335 Å². The third-order valence-corrected chi connectivity index (χ3v) is 11.1. The minimum Gasteiger partial charge on any atom is -0.253 e. The highest BCUT2D eigenvalue weighted by atomic mass is 14.9. The van der Waals surface area contributed by atoms with E-state index in [4.69, 9.17) is 15.0 Å². The normalized spacial score (nSPS) is 11.4. The van der Waals surface area contributed by atoms with Crippen molar-refractivity contribution in [3.63, 3.8) is 0 Å². The summed E-state index contributed by atoms with van der Waals surface area (Å²) in [5.41, 5.74) is 12.0. The molecule has 0 saturated carbocycles. The minimum atomic E-state index is 0.586. The number of fused-ring (bicyclic) bond motifs is 8. The maximum Gasteiger partial charge on any atom is 0.179 e. The van der Waals surface area contributed by atoms with Gasteiger partial charge in [-0.3, -0.25) is 4.98 Å². The van der Waals surface area contributed by atoms with Crippen LogP contribution in [0, 0.1) is 0 Å². The first-order valence-electron chi connectivity index (χ1n) is 19.5. The smallest absolute Gasteiger partial charge is 0.179 e. The van der Waals surface area contributed by atoms with Crippen LogP contribution in [0.3, 0.4) is 0 Å². The van der Waals surface area contributed by atoms with E-state index < -0.39 is 0 Å². The Balaban J connectivity index is 1.02. The van der Waals surface area contributed by atoms with Gasteiger partial charge in [0.25, 0.3) is 0 Å². The van der Waals surface area contributed by atoms with Gasteiger partial charge in [0.05, 0.1) is 22.6 Å². The third kappa shape index (κ3) is 5.87. The SMILES string of the molecule is c1ccc(-c2cccc(-c3cc(-c4cccc(-c5ccc(-c6nc7ccccc7c7c8ccccc8c8ccccc8c67)cc5)c4)nc(-c4ccccn4)n3)c2)cc1. The summed E-state index contributed by atoms with van der Waals surface area (Å²) in [6.07, 6.45) is 1.78. The first-order chi connectivity index (χ1) is 28.7. The van der Waals surface area contributed by atoms with Crippen LogP contribution >= 0.6 is 0 Å². The van der Waals surface area contributed by atoms with Gasteiger partial charge in [-0.1, -0.05) is 164 Å². The molecule has 0 aliphatic rings. The lowest BCUT2D eigenvalue weighted by molar-refractivity contribution is 1.15. The van der Waals surface area contributed by atoms with Crippen LogP contribution in [-0.4, -0.2) is 19.9 Å². The Hall–Kier alpha value is -7.82. The maximum absolute atomic E-state index is 5.36. The van der Waals surface area contributed by atoms with Crippen LogP contribution in [0.4, 0.5) is 0 Å². The second-order valence-corrected chi connectivity index (χ2v) is 14.6. The van der Waals surface area contributed by atoms with Crippen LogP contribution < -0.4 is 0 Å². The van der Waals surface area contributed by atoms with E-state index in [0.29, 0.717) is 5.82 Å². The van der Waals surface area contributed by atoms with Gasteiger partial charge in [0, 0.05) is 39.0 Å². The molecule has 0 unspecified atom stereocenters. The second kappa shape index (κ2) is 14.0. The van der Waals surface area contributed by atoms with Gasteiger partial charge >= 0.3 is 0 Å². The predicted molar refractivity (Wildman–Crippen MR) is 240 cm³/mol. The molecule has 0 amide bonds. The molecule has 0 atom stereocenters. The zero-order chi connectivity index (χ0) is 38.4. The molecule has 58 heavy (non-hydrogen) atoms. The molecule has 3 heterocycles. The summed E-state index contributed by atoms with van der Waals surface area (Å²) >= 11 is 0. The van der Waals surface area contributed by atoms with Gasteiger partial charge in [-0.2, -0.15) is 0 Å². The molecule has 0 aliphatic heterocycles. The van der Waals surface area contributed by atoms with Crippen LogP contribution in [0.15, 0.2) is 206 Å². The molecule has 4 heteroatoms. The van der Waals surface area contributed by atoms with Gasteiger partial charge in [-0.05, 0) is 80.2 Å². The Morgan fingerprint density at radius 1 is 0.276 bits per heavy atom. The second-order valence-electron chi connectivity index (χ2n) is 14.6. The molecule has 4 nitrogen and oxygen atoms in total. The van der Waals surface area contributed by atoms with E-state index >= 15 is 0 Å². The zero-order valence-corrected chi connectivity index (χ0v) is 31.4. The molecule has 11 aromatic rings. The molecule has 0 saturated heterocycles. The van der Waals surface area contributed by atoms with Gasteiger partial charge in [0.15, 0.2) is 5.82 Å².